The lowest BCUT2D eigenvalue weighted by atomic mass is 10.2. The van der Waals surface area contributed by atoms with Gasteiger partial charge in [0.1, 0.15) is 5.75 Å². The van der Waals surface area contributed by atoms with Gasteiger partial charge in [-0.1, -0.05) is 6.07 Å². The Labute approximate surface area is 176 Å². The van der Waals surface area contributed by atoms with Crippen LogP contribution in [-0.4, -0.2) is 25.5 Å². The standard InChI is InChI=1S/C22H18F3N3O3/c1-30-20-9-7-16(12-21(20)31-2)26-13-14-10-18(6-8-19(14)29)28-27-17-5-3-4-15(11-17)22(23,24)25/h3-13,29H,1-2H3. The van der Waals surface area contributed by atoms with Crippen LogP contribution >= 0.6 is 0 Å². The first-order chi connectivity index (χ1) is 14.8. The highest BCUT2D eigenvalue weighted by Gasteiger charge is 2.30. The van der Waals surface area contributed by atoms with E-state index in [4.69, 9.17) is 9.47 Å². The van der Waals surface area contributed by atoms with Gasteiger partial charge >= 0.3 is 6.18 Å². The fourth-order valence-corrected chi connectivity index (χ4v) is 2.62. The van der Waals surface area contributed by atoms with E-state index < -0.39 is 11.7 Å². The van der Waals surface area contributed by atoms with E-state index >= 15 is 0 Å². The molecule has 0 fully saturated rings. The van der Waals surface area contributed by atoms with E-state index in [-0.39, 0.29) is 11.4 Å². The Kier molecular flexibility index (Phi) is 6.54. The maximum Gasteiger partial charge on any atom is 0.416 e. The van der Waals surface area contributed by atoms with Crippen LogP contribution in [0.25, 0.3) is 0 Å². The average Bonchev–Trinajstić information content (AvgIpc) is 2.77. The highest BCUT2D eigenvalue weighted by molar-refractivity contribution is 5.86. The van der Waals surface area contributed by atoms with E-state index in [2.05, 4.69) is 15.2 Å². The predicted octanol–water partition coefficient (Wildman–Crippen LogP) is 6.59. The summed E-state index contributed by atoms with van der Waals surface area (Å²) in [6.45, 7) is 0. The summed E-state index contributed by atoms with van der Waals surface area (Å²) in [4.78, 5) is 4.30. The zero-order valence-corrected chi connectivity index (χ0v) is 16.6. The van der Waals surface area contributed by atoms with Crippen molar-refractivity contribution in [2.45, 2.75) is 6.18 Å². The van der Waals surface area contributed by atoms with Gasteiger partial charge in [-0.25, -0.2) is 0 Å². The zero-order chi connectivity index (χ0) is 22.4. The third-order valence-electron chi connectivity index (χ3n) is 4.19. The van der Waals surface area contributed by atoms with Gasteiger partial charge in [0, 0.05) is 17.8 Å². The minimum absolute atomic E-state index is 0.0396. The second-order valence-corrected chi connectivity index (χ2v) is 6.29. The number of alkyl halides is 3. The van der Waals surface area contributed by atoms with Crippen LogP contribution in [-0.2, 0) is 6.18 Å². The van der Waals surface area contributed by atoms with E-state index in [1.165, 1.54) is 50.8 Å². The molecule has 0 aromatic heterocycles. The fourth-order valence-electron chi connectivity index (χ4n) is 2.62. The number of rotatable bonds is 6. The summed E-state index contributed by atoms with van der Waals surface area (Å²) < 4.78 is 48.8. The van der Waals surface area contributed by atoms with Crippen LogP contribution in [0.15, 0.2) is 75.9 Å². The van der Waals surface area contributed by atoms with Crippen molar-refractivity contribution in [1.82, 2.24) is 0 Å². The van der Waals surface area contributed by atoms with E-state index in [0.717, 1.165) is 12.1 Å². The molecule has 1 N–H and O–H groups in total. The molecule has 160 valence electrons. The molecule has 31 heavy (non-hydrogen) atoms. The van der Waals surface area contributed by atoms with Crippen molar-refractivity contribution in [3.8, 4) is 17.2 Å². The van der Waals surface area contributed by atoms with Crippen LogP contribution < -0.4 is 9.47 Å². The normalized spacial score (nSPS) is 11.9. The summed E-state index contributed by atoms with van der Waals surface area (Å²) in [5, 5.41) is 17.9. The second-order valence-electron chi connectivity index (χ2n) is 6.29. The van der Waals surface area contributed by atoms with Crippen molar-refractivity contribution in [3.63, 3.8) is 0 Å². The van der Waals surface area contributed by atoms with Crippen molar-refractivity contribution in [1.29, 1.82) is 0 Å². The fraction of sp³-hybridized carbons (Fsp3) is 0.136. The highest BCUT2D eigenvalue weighted by atomic mass is 19.4. The molecule has 0 unspecified atom stereocenters. The van der Waals surface area contributed by atoms with Gasteiger partial charge < -0.3 is 14.6 Å². The Balaban J connectivity index is 1.82. The lowest BCUT2D eigenvalue weighted by Gasteiger charge is -2.07. The van der Waals surface area contributed by atoms with E-state index in [9.17, 15) is 18.3 Å². The number of azo groups is 1. The third-order valence-corrected chi connectivity index (χ3v) is 4.19. The van der Waals surface area contributed by atoms with Gasteiger partial charge in [-0.3, -0.25) is 4.99 Å². The molecular weight excluding hydrogens is 411 g/mol. The molecule has 0 radical (unpaired) electrons. The van der Waals surface area contributed by atoms with Gasteiger partial charge in [0.25, 0.3) is 0 Å². The number of ether oxygens (including phenoxy) is 2. The zero-order valence-electron chi connectivity index (χ0n) is 16.6. The van der Waals surface area contributed by atoms with E-state index in [1.807, 2.05) is 0 Å². The van der Waals surface area contributed by atoms with Crippen molar-refractivity contribution in [2.75, 3.05) is 14.2 Å². The van der Waals surface area contributed by atoms with Crippen LogP contribution in [0.2, 0.25) is 0 Å². The smallest absolute Gasteiger partial charge is 0.416 e. The van der Waals surface area contributed by atoms with Crippen molar-refractivity contribution >= 4 is 23.3 Å². The summed E-state index contributed by atoms with van der Waals surface area (Å²) in [6.07, 6.45) is -3.03. The Morgan fingerprint density at radius 1 is 0.806 bits per heavy atom. The summed E-state index contributed by atoms with van der Waals surface area (Å²) in [6, 6.07) is 14.0. The first-order valence-electron chi connectivity index (χ1n) is 8.98. The van der Waals surface area contributed by atoms with Crippen LogP contribution in [0.5, 0.6) is 17.2 Å². The predicted molar refractivity (Wildman–Crippen MR) is 111 cm³/mol. The van der Waals surface area contributed by atoms with Crippen molar-refractivity contribution in [3.05, 3.63) is 71.8 Å². The molecule has 3 rings (SSSR count). The van der Waals surface area contributed by atoms with E-state index in [0.29, 0.717) is 28.4 Å². The molecule has 0 atom stereocenters. The number of halogens is 3. The second kappa shape index (κ2) is 9.29. The van der Waals surface area contributed by atoms with Crippen LogP contribution in [0.3, 0.4) is 0 Å². The molecule has 3 aromatic carbocycles. The molecule has 9 heteroatoms. The molecular formula is C22H18F3N3O3. The van der Waals surface area contributed by atoms with Crippen LogP contribution in [0.4, 0.5) is 30.2 Å². The van der Waals surface area contributed by atoms with Crippen LogP contribution in [0.1, 0.15) is 11.1 Å². The molecule has 0 aliphatic rings. The molecule has 3 aromatic rings. The van der Waals surface area contributed by atoms with Gasteiger partial charge in [-0.05, 0) is 48.5 Å². The molecule has 0 amide bonds. The maximum atomic E-state index is 12.8. The minimum atomic E-state index is -4.46. The first-order valence-corrected chi connectivity index (χ1v) is 8.98. The molecule has 0 aliphatic carbocycles. The summed E-state index contributed by atoms with van der Waals surface area (Å²) >= 11 is 0. The molecule has 0 aliphatic heterocycles. The SMILES string of the molecule is COc1ccc(N=Cc2cc(N=Nc3cccc(C(F)(F)F)c3)ccc2O)cc1OC. The lowest BCUT2D eigenvalue weighted by molar-refractivity contribution is -0.137. The lowest BCUT2D eigenvalue weighted by Crippen LogP contribution is -2.03. The summed E-state index contributed by atoms with van der Waals surface area (Å²) in [5.74, 6) is 1.02. The molecule has 6 nitrogen and oxygen atoms in total. The topological polar surface area (TPSA) is 75.8 Å². The molecule has 0 saturated carbocycles. The van der Waals surface area contributed by atoms with Crippen molar-refractivity contribution in [2.24, 2.45) is 15.2 Å². The van der Waals surface area contributed by atoms with Gasteiger partial charge in [0.2, 0.25) is 0 Å². The molecule has 0 bridgehead atoms. The number of phenols is 1. The highest BCUT2D eigenvalue weighted by Crippen LogP contribution is 2.33. The third kappa shape index (κ3) is 5.59. The number of aliphatic imine (C=N–C) groups is 1. The molecule has 0 heterocycles. The minimum Gasteiger partial charge on any atom is -0.507 e. The summed E-state index contributed by atoms with van der Waals surface area (Å²) in [5.41, 5.74) is 0.508. The average molecular weight is 429 g/mol. The quantitative estimate of drug-likeness (QED) is 0.355. The Morgan fingerprint density at radius 2 is 1.48 bits per heavy atom. The number of hydrogen-bond acceptors (Lipinski definition) is 6. The number of hydrogen-bond donors (Lipinski definition) is 1. The Morgan fingerprint density at radius 3 is 2.16 bits per heavy atom. The van der Waals surface area contributed by atoms with Gasteiger partial charge in [0.15, 0.2) is 11.5 Å². The summed E-state index contributed by atoms with van der Waals surface area (Å²) in [7, 11) is 3.04. The number of aromatic hydroxyl groups is 1. The van der Waals surface area contributed by atoms with Gasteiger partial charge in [-0.15, -0.1) is 0 Å². The number of methoxy groups -OCH3 is 2. The van der Waals surface area contributed by atoms with Crippen molar-refractivity contribution < 1.29 is 27.8 Å². The maximum absolute atomic E-state index is 12.8. The number of phenolic OH excluding ortho intramolecular Hbond substituents is 1. The van der Waals surface area contributed by atoms with Crippen LogP contribution in [0, 0.1) is 0 Å². The molecule has 0 saturated heterocycles. The number of benzene rings is 3. The van der Waals surface area contributed by atoms with Gasteiger partial charge in [-0.2, -0.15) is 23.4 Å². The van der Waals surface area contributed by atoms with E-state index in [1.54, 1.807) is 18.2 Å². The van der Waals surface area contributed by atoms with Gasteiger partial charge in [0.05, 0.1) is 36.8 Å². The number of nitrogens with zero attached hydrogens (tertiary/aromatic N) is 3. The first kappa shape index (κ1) is 21.8. The molecule has 0 spiro atoms. The Hall–Kier alpha value is -3.88. The largest absolute Gasteiger partial charge is 0.507 e. The Bertz CT molecular complexity index is 1130. The monoisotopic (exact) mass is 429 g/mol.